The van der Waals surface area contributed by atoms with Crippen LogP contribution in [0, 0.1) is 0 Å². The molecular formula is C17H23N5O2. The van der Waals surface area contributed by atoms with Crippen molar-refractivity contribution >= 4 is 5.97 Å². The molecule has 3 heterocycles. The minimum Gasteiger partial charge on any atom is -0.461 e. The largest absolute Gasteiger partial charge is 0.461 e. The van der Waals surface area contributed by atoms with Gasteiger partial charge in [-0.05, 0) is 6.92 Å². The predicted molar refractivity (Wildman–Crippen MR) is 89.4 cm³/mol. The van der Waals surface area contributed by atoms with Crippen LogP contribution in [0.4, 0.5) is 0 Å². The van der Waals surface area contributed by atoms with Crippen molar-refractivity contribution in [2.24, 2.45) is 7.05 Å². The number of aryl methyl sites for hydroxylation is 1. The molecular weight excluding hydrogens is 306 g/mol. The van der Waals surface area contributed by atoms with Gasteiger partial charge in [-0.15, -0.1) is 6.58 Å². The highest BCUT2D eigenvalue weighted by atomic mass is 16.5. The number of hydrogen-bond donors (Lipinski definition) is 0. The Bertz CT molecular complexity index is 746. The van der Waals surface area contributed by atoms with Gasteiger partial charge in [-0.25, -0.2) is 4.79 Å². The van der Waals surface area contributed by atoms with E-state index in [1.54, 1.807) is 17.7 Å². The van der Waals surface area contributed by atoms with Gasteiger partial charge in [0.1, 0.15) is 0 Å². The minimum absolute atomic E-state index is 0.347. The summed E-state index contributed by atoms with van der Waals surface area (Å²) < 4.78 is 8.84. The Morgan fingerprint density at radius 1 is 1.50 bits per heavy atom. The van der Waals surface area contributed by atoms with Crippen LogP contribution in [0.5, 0.6) is 0 Å². The number of hydrogen-bond acceptors (Lipinski definition) is 5. The molecule has 0 N–H and O–H groups in total. The van der Waals surface area contributed by atoms with Gasteiger partial charge in [0, 0.05) is 56.1 Å². The Morgan fingerprint density at radius 3 is 3.00 bits per heavy atom. The maximum absolute atomic E-state index is 12.2. The third kappa shape index (κ3) is 3.26. The standard InChI is InChI=1S/C17H23N5O2/c1-4-7-22-15-6-8-21(11-13-9-18-20(3)10-13)12-14(15)16(19-22)17(23)24-5-2/h4,9-10H,1,5-8,11-12H2,2-3H3. The lowest BCUT2D eigenvalue weighted by Crippen LogP contribution is -2.31. The summed E-state index contributed by atoms with van der Waals surface area (Å²) >= 11 is 0. The molecule has 128 valence electrons. The summed E-state index contributed by atoms with van der Waals surface area (Å²) in [5.41, 5.74) is 3.69. The first-order valence-corrected chi connectivity index (χ1v) is 8.18. The topological polar surface area (TPSA) is 65.2 Å². The summed E-state index contributed by atoms with van der Waals surface area (Å²) in [6.07, 6.45) is 6.55. The number of carbonyl (C=O) groups is 1. The maximum atomic E-state index is 12.2. The van der Waals surface area contributed by atoms with Crippen LogP contribution < -0.4 is 0 Å². The monoisotopic (exact) mass is 329 g/mol. The van der Waals surface area contributed by atoms with Crippen LogP contribution in [0.3, 0.4) is 0 Å². The normalized spacial score (nSPS) is 14.4. The van der Waals surface area contributed by atoms with E-state index >= 15 is 0 Å². The predicted octanol–water partition coefficient (Wildman–Crippen LogP) is 1.54. The first-order valence-electron chi connectivity index (χ1n) is 8.18. The molecule has 1 aliphatic rings. The summed E-state index contributed by atoms with van der Waals surface area (Å²) in [5, 5.41) is 8.69. The van der Waals surface area contributed by atoms with E-state index in [2.05, 4.69) is 21.7 Å². The van der Waals surface area contributed by atoms with Crippen molar-refractivity contribution in [1.29, 1.82) is 0 Å². The maximum Gasteiger partial charge on any atom is 0.359 e. The summed E-state index contributed by atoms with van der Waals surface area (Å²) in [6.45, 7) is 8.95. The number of ether oxygens (including phenoxy) is 1. The van der Waals surface area contributed by atoms with Crippen LogP contribution in [0.15, 0.2) is 25.0 Å². The number of aromatic nitrogens is 4. The fourth-order valence-corrected chi connectivity index (χ4v) is 3.13. The van der Waals surface area contributed by atoms with Crippen molar-refractivity contribution < 1.29 is 9.53 Å². The van der Waals surface area contributed by atoms with E-state index in [1.807, 2.05) is 24.1 Å². The fourth-order valence-electron chi connectivity index (χ4n) is 3.13. The second-order valence-corrected chi connectivity index (χ2v) is 5.95. The van der Waals surface area contributed by atoms with Crippen LogP contribution in [-0.4, -0.2) is 43.6 Å². The molecule has 3 rings (SSSR count). The van der Waals surface area contributed by atoms with Gasteiger partial charge in [-0.3, -0.25) is 14.3 Å². The van der Waals surface area contributed by atoms with Crippen LogP contribution in [0.2, 0.25) is 0 Å². The highest BCUT2D eigenvalue weighted by Crippen LogP contribution is 2.24. The van der Waals surface area contributed by atoms with E-state index in [4.69, 9.17) is 4.74 Å². The van der Waals surface area contributed by atoms with E-state index in [0.29, 0.717) is 25.4 Å². The summed E-state index contributed by atoms with van der Waals surface area (Å²) in [6, 6.07) is 0. The Labute approximate surface area is 141 Å². The van der Waals surface area contributed by atoms with Gasteiger partial charge in [0.2, 0.25) is 0 Å². The first-order chi connectivity index (χ1) is 11.6. The van der Waals surface area contributed by atoms with Gasteiger partial charge in [-0.2, -0.15) is 10.2 Å². The molecule has 7 heteroatoms. The van der Waals surface area contributed by atoms with E-state index in [9.17, 15) is 4.79 Å². The molecule has 0 unspecified atom stereocenters. The van der Waals surface area contributed by atoms with Crippen LogP contribution in [0.1, 0.15) is 34.2 Å². The molecule has 1 aliphatic heterocycles. The summed E-state index contributed by atoms with van der Waals surface area (Å²) in [5.74, 6) is -0.347. The van der Waals surface area contributed by atoms with Gasteiger partial charge >= 0.3 is 5.97 Å². The van der Waals surface area contributed by atoms with E-state index in [1.165, 1.54) is 0 Å². The third-order valence-electron chi connectivity index (χ3n) is 4.15. The van der Waals surface area contributed by atoms with E-state index in [0.717, 1.165) is 36.3 Å². The zero-order valence-corrected chi connectivity index (χ0v) is 14.2. The Kier molecular flexibility index (Phi) is 4.80. The second-order valence-electron chi connectivity index (χ2n) is 5.95. The average Bonchev–Trinajstić information content (AvgIpc) is 3.12. The van der Waals surface area contributed by atoms with Gasteiger partial charge in [0.15, 0.2) is 5.69 Å². The number of esters is 1. The lowest BCUT2D eigenvalue weighted by molar-refractivity contribution is 0.0515. The summed E-state index contributed by atoms with van der Waals surface area (Å²) in [4.78, 5) is 14.6. The molecule has 24 heavy (non-hydrogen) atoms. The highest BCUT2D eigenvalue weighted by Gasteiger charge is 2.28. The molecule has 0 radical (unpaired) electrons. The number of fused-ring (bicyclic) bond motifs is 1. The lowest BCUT2D eigenvalue weighted by atomic mass is 10.0. The van der Waals surface area contributed by atoms with E-state index < -0.39 is 0 Å². The van der Waals surface area contributed by atoms with Gasteiger partial charge in [0.25, 0.3) is 0 Å². The van der Waals surface area contributed by atoms with Crippen molar-refractivity contribution in [3.8, 4) is 0 Å². The SMILES string of the molecule is C=CCn1nc(C(=O)OCC)c2c1CCN(Cc1cnn(C)c1)C2. The number of nitrogens with zero attached hydrogens (tertiary/aromatic N) is 5. The van der Waals surface area contributed by atoms with Crippen LogP contribution >= 0.6 is 0 Å². The molecule has 7 nitrogen and oxygen atoms in total. The number of allylic oxidation sites excluding steroid dienone is 1. The molecule has 2 aromatic heterocycles. The zero-order valence-electron chi connectivity index (χ0n) is 14.2. The van der Waals surface area contributed by atoms with Gasteiger partial charge in [-0.1, -0.05) is 6.08 Å². The molecule has 0 spiro atoms. The number of carbonyl (C=O) groups excluding carboxylic acids is 1. The molecule has 0 amide bonds. The Balaban J connectivity index is 1.84. The van der Waals surface area contributed by atoms with Crippen molar-refractivity contribution in [1.82, 2.24) is 24.5 Å². The molecule has 0 aromatic carbocycles. The minimum atomic E-state index is -0.347. The zero-order chi connectivity index (χ0) is 17.1. The smallest absolute Gasteiger partial charge is 0.359 e. The Hall–Kier alpha value is -2.41. The van der Waals surface area contributed by atoms with Crippen molar-refractivity contribution in [2.45, 2.75) is 33.0 Å². The molecule has 0 bridgehead atoms. The average molecular weight is 329 g/mol. The molecule has 2 aromatic rings. The molecule has 0 atom stereocenters. The highest BCUT2D eigenvalue weighted by molar-refractivity contribution is 5.89. The van der Waals surface area contributed by atoms with Crippen molar-refractivity contribution in [3.05, 3.63) is 47.6 Å². The quantitative estimate of drug-likeness (QED) is 0.594. The fraction of sp³-hybridized carbons (Fsp3) is 0.471. The van der Waals surface area contributed by atoms with Crippen LogP contribution in [0.25, 0.3) is 0 Å². The molecule has 0 aliphatic carbocycles. The van der Waals surface area contributed by atoms with Crippen molar-refractivity contribution in [3.63, 3.8) is 0 Å². The van der Waals surface area contributed by atoms with Gasteiger partial charge in [0.05, 0.1) is 19.3 Å². The molecule has 0 saturated heterocycles. The number of rotatable bonds is 6. The molecule has 0 fully saturated rings. The first kappa shape index (κ1) is 16.4. The van der Waals surface area contributed by atoms with Crippen LogP contribution in [-0.2, 0) is 37.8 Å². The second kappa shape index (κ2) is 7.00. The van der Waals surface area contributed by atoms with E-state index in [-0.39, 0.29) is 5.97 Å². The molecule has 0 saturated carbocycles. The Morgan fingerprint density at radius 2 is 2.33 bits per heavy atom. The van der Waals surface area contributed by atoms with Gasteiger partial charge < -0.3 is 4.74 Å². The third-order valence-corrected chi connectivity index (χ3v) is 4.15. The van der Waals surface area contributed by atoms with Crippen molar-refractivity contribution in [2.75, 3.05) is 13.2 Å². The summed E-state index contributed by atoms with van der Waals surface area (Å²) in [7, 11) is 1.91. The lowest BCUT2D eigenvalue weighted by Gasteiger charge is -2.27.